The number of benzene rings is 1. The number of anilines is 1. The van der Waals surface area contributed by atoms with Gasteiger partial charge in [-0.1, -0.05) is 36.4 Å². The van der Waals surface area contributed by atoms with Crippen LogP contribution in [0.15, 0.2) is 29.4 Å². The van der Waals surface area contributed by atoms with Gasteiger partial charge in [0.1, 0.15) is 5.82 Å². The standard InChI is InChI=1S/C17H22FN3O3S3/c1-11(2)10-25-27-21(13-8-6-12(18)7-9-13)16(23)24-19-15-20(5)14(22)17(3,4)26-15/h6-9,11H,10H2,1-5H3. The van der Waals surface area contributed by atoms with Crippen LogP contribution in [0.5, 0.6) is 0 Å². The Morgan fingerprint density at radius 2 is 2.00 bits per heavy atom. The summed E-state index contributed by atoms with van der Waals surface area (Å²) in [5, 5.41) is 4.17. The lowest BCUT2D eigenvalue weighted by Gasteiger charge is -2.19. The summed E-state index contributed by atoms with van der Waals surface area (Å²) in [6, 6.07) is 5.54. The zero-order chi connectivity index (χ0) is 20.2. The highest BCUT2D eigenvalue weighted by atomic mass is 33.1. The van der Waals surface area contributed by atoms with Crippen molar-refractivity contribution in [3.05, 3.63) is 30.1 Å². The third-order valence-corrected chi connectivity index (χ3v) is 7.22. The first-order chi connectivity index (χ1) is 12.6. The zero-order valence-electron chi connectivity index (χ0n) is 15.8. The van der Waals surface area contributed by atoms with Crippen LogP contribution < -0.4 is 4.31 Å². The van der Waals surface area contributed by atoms with E-state index in [1.807, 2.05) is 0 Å². The highest BCUT2D eigenvalue weighted by Crippen LogP contribution is 2.37. The Kier molecular flexibility index (Phi) is 7.47. The number of thioether (sulfide) groups is 1. The molecule has 2 amide bonds. The minimum absolute atomic E-state index is 0.112. The van der Waals surface area contributed by atoms with E-state index in [0.29, 0.717) is 16.8 Å². The molecule has 1 aromatic rings. The molecule has 0 atom stereocenters. The Labute approximate surface area is 170 Å². The number of halogens is 1. The van der Waals surface area contributed by atoms with Crippen molar-refractivity contribution in [2.75, 3.05) is 17.1 Å². The van der Waals surface area contributed by atoms with Gasteiger partial charge in [0.15, 0.2) is 0 Å². The average molecular weight is 432 g/mol. The van der Waals surface area contributed by atoms with Crippen LogP contribution in [0.4, 0.5) is 14.9 Å². The highest BCUT2D eigenvalue weighted by Gasteiger charge is 2.43. The molecule has 1 aliphatic rings. The van der Waals surface area contributed by atoms with E-state index in [-0.39, 0.29) is 5.91 Å². The number of hydrogen-bond donors (Lipinski definition) is 0. The number of rotatable bonds is 6. The van der Waals surface area contributed by atoms with Crippen LogP contribution in [-0.4, -0.2) is 39.6 Å². The van der Waals surface area contributed by atoms with Gasteiger partial charge in [-0.2, -0.15) is 0 Å². The van der Waals surface area contributed by atoms with Gasteiger partial charge < -0.3 is 0 Å². The number of amides is 2. The molecular weight excluding hydrogens is 409 g/mol. The van der Waals surface area contributed by atoms with E-state index in [1.165, 1.54) is 67.0 Å². The van der Waals surface area contributed by atoms with Crippen LogP contribution in [0.2, 0.25) is 0 Å². The summed E-state index contributed by atoms with van der Waals surface area (Å²) in [7, 11) is 4.27. The Morgan fingerprint density at radius 1 is 1.37 bits per heavy atom. The maximum Gasteiger partial charge on any atom is 0.451 e. The molecule has 0 radical (unpaired) electrons. The molecule has 1 aromatic carbocycles. The Morgan fingerprint density at radius 3 is 2.52 bits per heavy atom. The summed E-state index contributed by atoms with van der Waals surface area (Å²) in [5.41, 5.74) is 0.478. The fraction of sp³-hybridized carbons (Fsp3) is 0.471. The van der Waals surface area contributed by atoms with Crippen molar-refractivity contribution in [2.24, 2.45) is 11.1 Å². The number of hydrogen-bond acceptors (Lipinski definition) is 7. The maximum absolute atomic E-state index is 13.2. The van der Waals surface area contributed by atoms with Gasteiger partial charge in [-0.15, -0.1) is 0 Å². The van der Waals surface area contributed by atoms with Crippen LogP contribution in [0.3, 0.4) is 0 Å². The summed E-state index contributed by atoms with van der Waals surface area (Å²) in [4.78, 5) is 31.1. The number of oxime groups is 1. The summed E-state index contributed by atoms with van der Waals surface area (Å²) in [5.74, 6) is 0.771. The summed E-state index contributed by atoms with van der Waals surface area (Å²) >= 11 is 1.23. The second kappa shape index (κ2) is 9.20. The minimum Gasteiger partial charge on any atom is -0.294 e. The van der Waals surface area contributed by atoms with Crippen molar-refractivity contribution >= 4 is 56.4 Å². The van der Waals surface area contributed by atoms with Gasteiger partial charge in [-0.25, -0.2) is 13.5 Å². The molecule has 0 aliphatic carbocycles. The third-order valence-electron chi connectivity index (χ3n) is 3.41. The molecule has 1 fully saturated rings. The van der Waals surface area contributed by atoms with E-state index < -0.39 is 16.7 Å². The lowest BCUT2D eigenvalue weighted by atomic mass is 10.2. The topological polar surface area (TPSA) is 62.2 Å². The molecule has 0 aromatic heterocycles. The lowest BCUT2D eigenvalue weighted by molar-refractivity contribution is -0.127. The maximum atomic E-state index is 13.2. The van der Waals surface area contributed by atoms with Crippen LogP contribution >= 0.6 is 33.5 Å². The van der Waals surface area contributed by atoms with Crippen molar-refractivity contribution in [1.29, 1.82) is 0 Å². The molecule has 0 N–H and O–H groups in total. The van der Waals surface area contributed by atoms with Crippen LogP contribution in [0.1, 0.15) is 27.7 Å². The highest BCUT2D eigenvalue weighted by molar-refractivity contribution is 8.77. The van der Waals surface area contributed by atoms with Gasteiger partial charge in [0.05, 0.1) is 10.4 Å². The van der Waals surface area contributed by atoms with Gasteiger partial charge in [-0.3, -0.25) is 14.5 Å². The van der Waals surface area contributed by atoms with E-state index in [1.54, 1.807) is 20.9 Å². The quantitative estimate of drug-likeness (QED) is 0.274. The Hall–Kier alpha value is -1.39. The van der Waals surface area contributed by atoms with E-state index >= 15 is 0 Å². The van der Waals surface area contributed by atoms with Gasteiger partial charge in [-0.05, 0) is 49.2 Å². The summed E-state index contributed by atoms with van der Waals surface area (Å²) in [6.45, 7) is 7.71. The van der Waals surface area contributed by atoms with Crippen LogP contribution in [0, 0.1) is 11.7 Å². The first-order valence-electron chi connectivity index (χ1n) is 8.23. The summed E-state index contributed by atoms with van der Waals surface area (Å²) in [6.07, 6.45) is -0.721. The van der Waals surface area contributed by atoms with Gasteiger partial charge in [0, 0.05) is 23.8 Å². The molecular formula is C17H22FN3O3S3. The van der Waals surface area contributed by atoms with E-state index in [0.717, 1.165) is 5.75 Å². The number of nitrogens with zero attached hydrogens (tertiary/aromatic N) is 3. The Balaban J connectivity index is 2.12. The van der Waals surface area contributed by atoms with Gasteiger partial charge >= 0.3 is 6.09 Å². The lowest BCUT2D eigenvalue weighted by Crippen LogP contribution is -2.33. The molecule has 0 saturated carbocycles. The molecule has 0 spiro atoms. The largest absolute Gasteiger partial charge is 0.451 e. The fourth-order valence-electron chi connectivity index (χ4n) is 2.00. The predicted octanol–water partition coefficient (Wildman–Crippen LogP) is 4.98. The molecule has 6 nitrogen and oxygen atoms in total. The van der Waals surface area contributed by atoms with Crippen molar-refractivity contribution in [2.45, 2.75) is 32.4 Å². The second-order valence-corrected chi connectivity index (χ2v) is 10.6. The molecule has 2 rings (SSSR count). The first kappa shape index (κ1) is 21.9. The molecule has 148 valence electrons. The second-order valence-electron chi connectivity index (χ2n) is 6.73. The molecule has 1 aliphatic heterocycles. The van der Waals surface area contributed by atoms with Crippen molar-refractivity contribution in [3.8, 4) is 0 Å². The molecule has 1 heterocycles. The molecule has 0 bridgehead atoms. The smallest absolute Gasteiger partial charge is 0.294 e. The molecule has 1 saturated heterocycles. The van der Waals surface area contributed by atoms with E-state index in [4.69, 9.17) is 4.84 Å². The van der Waals surface area contributed by atoms with Gasteiger partial charge in [0.2, 0.25) is 11.1 Å². The average Bonchev–Trinajstić information content (AvgIpc) is 2.80. The molecule has 0 unspecified atom stereocenters. The minimum atomic E-state index is -0.721. The monoisotopic (exact) mass is 431 g/mol. The number of carbonyl (C=O) groups is 2. The van der Waals surface area contributed by atoms with E-state index in [2.05, 4.69) is 19.0 Å². The number of carbonyl (C=O) groups excluding carboxylic acids is 2. The molecule has 27 heavy (non-hydrogen) atoms. The molecule has 10 heteroatoms. The van der Waals surface area contributed by atoms with Gasteiger partial charge in [0.25, 0.3) is 0 Å². The first-order valence-corrected chi connectivity index (χ1v) is 11.3. The zero-order valence-corrected chi connectivity index (χ0v) is 18.2. The predicted molar refractivity (Wildman–Crippen MR) is 112 cm³/mol. The van der Waals surface area contributed by atoms with E-state index in [9.17, 15) is 14.0 Å². The number of amidine groups is 1. The van der Waals surface area contributed by atoms with Crippen LogP contribution in [0.25, 0.3) is 0 Å². The normalized spacial score (nSPS) is 17.7. The third kappa shape index (κ3) is 5.79. The van der Waals surface area contributed by atoms with Crippen molar-refractivity contribution in [1.82, 2.24) is 4.90 Å². The summed E-state index contributed by atoms with van der Waals surface area (Å²) < 4.78 is 13.9. The van der Waals surface area contributed by atoms with Crippen LogP contribution in [-0.2, 0) is 9.63 Å². The van der Waals surface area contributed by atoms with Crippen molar-refractivity contribution < 1.29 is 18.8 Å². The Bertz CT molecular complexity index is 726. The SMILES string of the molecule is CC(C)CSSN(C(=O)ON=C1SC(C)(C)C(=O)N1C)c1ccc(F)cc1. The van der Waals surface area contributed by atoms with Crippen molar-refractivity contribution in [3.63, 3.8) is 0 Å². The fourth-order valence-corrected chi connectivity index (χ4v) is 5.47.